The Labute approximate surface area is 257 Å². The van der Waals surface area contributed by atoms with Gasteiger partial charge in [-0.2, -0.15) is 4.98 Å². The van der Waals surface area contributed by atoms with Crippen LogP contribution in [0.3, 0.4) is 0 Å². The Morgan fingerprint density at radius 2 is 1.86 bits per heavy atom. The Morgan fingerprint density at radius 1 is 1.18 bits per heavy atom. The van der Waals surface area contributed by atoms with Crippen LogP contribution in [0, 0.1) is 0 Å². The fourth-order valence-electron chi connectivity index (χ4n) is 4.79. The average Bonchev–Trinajstić information content (AvgIpc) is 3.74. The van der Waals surface area contributed by atoms with Gasteiger partial charge >= 0.3 is 6.72 Å². The van der Waals surface area contributed by atoms with Crippen molar-refractivity contribution in [2.45, 2.75) is 49.5 Å². The molecule has 0 aromatic carbocycles. The van der Waals surface area contributed by atoms with E-state index in [2.05, 4.69) is 42.2 Å². The molecule has 0 saturated carbocycles. The van der Waals surface area contributed by atoms with Gasteiger partial charge in [0.2, 0.25) is 13.6 Å². The number of rotatable bonds is 8. The number of aromatic nitrogens is 8. The summed E-state index contributed by atoms with van der Waals surface area (Å²) in [5.74, 6) is -0.0682. The van der Waals surface area contributed by atoms with Gasteiger partial charge in [0, 0.05) is 6.42 Å². The van der Waals surface area contributed by atoms with Crippen molar-refractivity contribution in [1.82, 2.24) is 39.0 Å². The van der Waals surface area contributed by atoms with Crippen LogP contribution in [0.2, 0.25) is 0 Å². The number of hydrogen-bond donors (Lipinski definition) is 7. The molecule has 0 aliphatic carbocycles. The van der Waals surface area contributed by atoms with Gasteiger partial charge in [0.05, 0.1) is 32.0 Å². The lowest BCUT2D eigenvalue weighted by Gasteiger charge is -2.25. The van der Waals surface area contributed by atoms with Crippen molar-refractivity contribution in [3.8, 4) is 0 Å². The van der Waals surface area contributed by atoms with Crippen molar-refractivity contribution in [2.75, 3.05) is 24.7 Å². The molecule has 2 saturated heterocycles. The molecule has 6 rings (SSSR count). The second kappa shape index (κ2) is 13.3. The molecule has 0 spiro atoms. The third kappa shape index (κ3) is 6.46. The number of fused-ring (bicyclic) bond motifs is 2. The largest absolute Gasteiger partial charge is 0.394 e. The summed E-state index contributed by atoms with van der Waals surface area (Å²) in [4.78, 5) is 45.5. The minimum atomic E-state index is -4.07. The summed E-state index contributed by atoms with van der Waals surface area (Å²) in [6, 6.07) is 0. The number of imidazole rings is 2. The van der Waals surface area contributed by atoms with E-state index in [-0.39, 0.29) is 54.8 Å². The topological polar surface area (TPSA) is 274 Å². The standard InChI is InChI=1S/C20H24FN10O8PS.HOPS/c21-10-13(33)9(38-19(10)30-5-26-11-14(22)24-4-25-15(11)30)3-36-40(35,41)39-8-1-7(2-32)37-18(8)31-6-27-12-16(31)28-20(23)29-17(12)34;1-2-3/h4-10,13,18-19,32-33H,1-3H2,(H,35,41)(H2,22,24,25)(H3,23,28,29,34);(H,1,3)/t7-,8-,9+,10-,13?,18+,19+,40?;/m0./s1. The first-order valence-electron chi connectivity index (χ1n) is 12.5. The zero-order chi connectivity index (χ0) is 31.8. The van der Waals surface area contributed by atoms with Crippen LogP contribution in [0.15, 0.2) is 23.8 Å². The predicted octanol–water partition coefficient (Wildman–Crippen LogP) is -0.258. The zero-order valence-corrected chi connectivity index (χ0v) is 25.6. The van der Waals surface area contributed by atoms with Crippen LogP contribution in [-0.4, -0.2) is 97.9 Å². The summed E-state index contributed by atoms with van der Waals surface area (Å²) in [5.41, 5.74) is 11.4. The molecule has 2 aliphatic rings. The molecule has 0 bridgehead atoms. The molecule has 0 amide bonds. The van der Waals surface area contributed by atoms with E-state index < -0.39 is 61.9 Å². The maximum absolute atomic E-state index is 15.1. The van der Waals surface area contributed by atoms with E-state index in [0.29, 0.717) is 0 Å². The van der Waals surface area contributed by atoms with E-state index >= 15 is 4.39 Å². The molecule has 24 heteroatoms. The van der Waals surface area contributed by atoms with Gasteiger partial charge in [-0.15, -0.1) is 0 Å². The Morgan fingerprint density at radius 3 is 2.57 bits per heavy atom. The van der Waals surface area contributed by atoms with Crippen LogP contribution in [-0.2, 0) is 34.9 Å². The quantitative estimate of drug-likeness (QED) is 0.0924. The highest BCUT2D eigenvalue weighted by molar-refractivity contribution is 8.33. The van der Waals surface area contributed by atoms with E-state index in [4.69, 9.17) is 46.4 Å². The third-order valence-corrected chi connectivity index (χ3v) is 8.29. The average molecular weight is 695 g/mol. The fourth-order valence-corrected chi connectivity index (χ4v) is 6.24. The molecule has 4 aromatic heterocycles. The maximum atomic E-state index is 15.1. The highest BCUT2D eigenvalue weighted by atomic mass is 32.7. The lowest BCUT2D eigenvalue weighted by atomic mass is 10.1. The minimum absolute atomic E-state index is 0.0174. The zero-order valence-electron chi connectivity index (χ0n) is 22.1. The van der Waals surface area contributed by atoms with E-state index in [1.54, 1.807) is 0 Å². The number of nitrogens with zero attached hydrogens (tertiary/aromatic N) is 7. The summed E-state index contributed by atoms with van der Waals surface area (Å²) in [6.45, 7) is -4.98. The Hall–Kier alpha value is -2.75. The van der Waals surface area contributed by atoms with Crippen LogP contribution in [0.4, 0.5) is 16.2 Å². The number of nitrogen functional groups attached to an aromatic ring is 2. The lowest BCUT2D eigenvalue weighted by Crippen LogP contribution is -2.31. The predicted molar refractivity (Wildman–Crippen MR) is 157 cm³/mol. The number of aliphatic hydroxyl groups excluding tert-OH is 2. The highest BCUT2D eigenvalue weighted by Crippen LogP contribution is 2.50. The number of hydrogen-bond acceptors (Lipinski definition) is 16. The summed E-state index contributed by atoms with van der Waals surface area (Å²) >= 11 is 8.38. The number of H-pyrrole nitrogens is 1. The van der Waals surface area contributed by atoms with Crippen molar-refractivity contribution < 1.29 is 42.6 Å². The number of alkyl halides is 1. The normalized spacial score (nSPS) is 28.3. The molecule has 6 heterocycles. The number of thiol groups is 1. The second-order valence-corrected chi connectivity index (χ2v) is 12.9. The van der Waals surface area contributed by atoms with E-state index in [9.17, 15) is 19.9 Å². The molecule has 0 radical (unpaired) electrons. The van der Waals surface area contributed by atoms with Crippen LogP contribution in [0.5, 0.6) is 0 Å². The first kappa shape index (κ1) is 32.6. The smallest absolute Gasteiger partial charge is 0.325 e. The van der Waals surface area contributed by atoms with Gasteiger partial charge in [-0.05, 0) is 11.8 Å². The first-order valence-corrected chi connectivity index (χ1v) is 17.0. The first-order chi connectivity index (χ1) is 21.0. The molecule has 19 nitrogen and oxygen atoms in total. The Kier molecular flexibility index (Phi) is 9.87. The van der Waals surface area contributed by atoms with E-state index in [0.717, 1.165) is 0 Å². The van der Waals surface area contributed by atoms with Crippen LogP contribution >= 0.6 is 26.6 Å². The lowest BCUT2D eigenvalue weighted by molar-refractivity contribution is -0.0552. The van der Waals surface area contributed by atoms with Crippen molar-refractivity contribution in [1.29, 1.82) is 0 Å². The fraction of sp³-hybridized carbons (Fsp3) is 0.500. The van der Waals surface area contributed by atoms with Gasteiger partial charge in [-0.1, -0.05) is 12.2 Å². The van der Waals surface area contributed by atoms with Gasteiger partial charge < -0.3 is 45.1 Å². The van der Waals surface area contributed by atoms with Gasteiger partial charge in [-0.25, -0.2) is 24.3 Å². The minimum Gasteiger partial charge on any atom is -0.394 e. The van der Waals surface area contributed by atoms with Crippen LogP contribution in [0.25, 0.3) is 22.3 Å². The SMILES string of the molecule is Nc1nc2c(ncn2[C@@H]2O[C@H](CO)C[C@@H]2OP(O)(=S)OC[C@H]2O[C@@H](n3cnc4c(N)ncnc43)[C@@H](F)C2O)c(=O)[nH]1.O=PS. The van der Waals surface area contributed by atoms with Crippen molar-refractivity contribution in [3.05, 3.63) is 29.3 Å². The number of nitrogens with one attached hydrogen (secondary N) is 1. The molecule has 2 aliphatic heterocycles. The maximum Gasteiger partial charge on any atom is 0.325 e. The van der Waals surface area contributed by atoms with Crippen molar-refractivity contribution in [2.24, 2.45) is 0 Å². The van der Waals surface area contributed by atoms with Crippen molar-refractivity contribution >= 4 is 72.5 Å². The third-order valence-electron chi connectivity index (χ3n) is 6.70. The highest BCUT2D eigenvalue weighted by Gasteiger charge is 2.47. The molecule has 238 valence electrons. The van der Waals surface area contributed by atoms with Crippen molar-refractivity contribution in [3.63, 3.8) is 0 Å². The second-order valence-electron chi connectivity index (χ2n) is 9.42. The monoisotopic (exact) mass is 694 g/mol. The number of aromatic amines is 1. The summed E-state index contributed by atoms with van der Waals surface area (Å²) < 4.78 is 49.2. The summed E-state index contributed by atoms with van der Waals surface area (Å²) in [5, 5.41) is 20.2. The number of anilines is 2. The molecule has 4 aromatic rings. The number of aliphatic hydroxyl groups is 2. The summed E-state index contributed by atoms with van der Waals surface area (Å²) in [7, 11) is -0.139. The number of halogens is 1. The Bertz CT molecular complexity index is 1760. The number of ether oxygens (including phenoxy) is 2. The summed E-state index contributed by atoms with van der Waals surface area (Å²) in [6.07, 6.45) is -5.07. The molecular formula is C20H25FN10O9P2S2. The molecule has 8 atom stereocenters. The van der Waals surface area contributed by atoms with Crippen LogP contribution in [0.1, 0.15) is 18.9 Å². The van der Waals surface area contributed by atoms with E-state index in [1.807, 2.05) is 0 Å². The molecule has 8 N–H and O–H groups in total. The molecule has 2 unspecified atom stereocenters. The van der Waals surface area contributed by atoms with Gasteiger partial charge in [0.25, 0.3) is 5.56 Å². The van der Waals surface area contributed by atoms with Gasteiger partial charge in [0.15, 0.2) is 41.3 Å². The van der Waals surface area contributed by atoms with Crippen LogP contribution < -0.4 is 17.0 Å². The van der Waals surface area contributed by atoms with Gasteiger partial charge in [0.1, 0.15) is 30.2 Å². The number of nitrogens with two attached hydrogens (primary N) is 2. The molecular weight excluding hydrogens is 669 g/mol. The van der Waals surface area contributed by atoms with E-state index in [1.165, 1.54) is 28.1 Å². The Balaban J connectivity index is 0.00000123. The molecule has 2 fully saturated rings. The van der Waals surface area contributed by atoms with Gasteiger partial charge in [-0.3, -0.25) is 23.5 Å². The molecule has 44 heavy (non-hydrogen) atoms.